The number of hydrogen-bond acceptors (Lipinski definition) is 2. The van der Waals surface area contributed by atoms with Gasteiger partial charge in [-0.05, 0) is 23.8 Å². The SMILES string of the molecule is CCN1C[C@]2(C)CNC[C@@](C)(C1)C2. The van der Waals surface area contributed by atoms with Gasteiger partial charge in [-0.3, -0.25) is 0 Å². The van der Waals surface area contributed by atoms with Crippen LogP contribution in [0.5, 0.6) is 0 Å². The maximum atomic E-state index is 3.59. The van der Waals surface area contributed by atoms with Crippen molar-refractivity contribution < 1.29 is 0 Å². The molecule has 2 atom stereocenters. The Hall–Kier alpha value is -0.0800. The molecule has 0 amide bonds. The number of rotatable bonds is 1. The second-order valence-corrected chi connectivity index (χ2v) is 5.70. The van der Waals surface area contributed by atoms with Crippen LogP contribution in [0, 0.1) is 10.8 Å². The van der Waals surface area contributed by atoms with E-state index in [9.17, 15) is 0 Å². The average molecular weight is 182 g/mol. The topological polar surface area (TPSA) is 15.3 Å². The molecule has 0 saturated carbocycles. The van der Waals surface area contributed by atoms with Crippen molar-refractivity contribution in [3.63, 3.8) is 0 Å². The van der Waals surface area contributed by atoms with E-state index in [-0.39, 0.29) is 0 Å². The van der Waals surface area contributed by atoms with Crippen LogP contribution in [0.3, 0.4) is 0 Å². The molecule has 76 valence electrons. The van der Waals surface area contributed by atoms with Crippen molar-refractivity contribution in [2.24, 2.45) is 10.8 Å². The van der Waals surface area contributed by atoms with Crippen LogP contribution in [0.15, 0.2) is 0 Å². The fourth-order valence-electron chi connectivity index (χ4n) is 3.40. The van der Waals surface area contributed by atoms with Gasteiger partial charge < -0.3 is 10.2 Å². The molecule has 2 rings (SSSR count). The molecule has 13 heavy (non-hydrogen) atoms. The summed E-state index contributed by atoms with van der Waals surface area (Å²) in [6.07, 6.45) is 1.41. The molecule has 2 nitrogen and oxygen atoms in total. The largest absolute Gasteiger partial charge is 0.316 e. The zero-order valence-corrected chi connectivity index (χ0v) is 9.19. The van der Waals surface area contributed by atoms with E-state index in [0.29, 0.717) is 10.8 Å². The first-order valence-corrected chi connectivity index (χ1v) is 5.48. The highest BCUT2D eigenvalue weighted by Gasteiger charge is 2.44. The van der Waals surface area contributed by atoms with E-state index in [1.54, 1.807) is 0 Å². The molecule has 2 aliphatic rings. The minimum absolute atomic E-state index is 0.529. The smallest absolute Gasteiger partial charge is 0.00478 e. The van der Waals surface area contributed by atoms with Crippen LogP contribution >= 0.6 is 0 Å². The maximum absolute atomic E-state index is 3.59. The van der Waals surface area contributed by atoms with Crippen LogP contribution < -0.4 is 5.32 Å². The van der Waals surface area contributed by atoms with Crippen LogP contribution in [0.25, 0.3) is 0 Å². The van der Waals surface area contributed by atoms with Gasteiger partial charge in [0.25, 0.3) is 0 Å². The molecular formula is C11H22N2. The number of nitrogens with one attached hydrogen (secondary N) is 1. The Morgan fingerprint density at radius 1 is 1.15 bits per heavy atom. The summed E-state index contributed by atoms with van der Waals surface area (Å²) in [5.41, 5.74) is 1.06. The Morgan fingerprint density at radius 2 is 1.69 bits per heavy atom. The minimum Gasteiger partial charge on any atom is -0.316 e. The second-order valence-electron chi connectivity index (χ2n) is 5.70. The van der Waals surface area contributed by atoms with Gasteiger partial charge in [-0.2, -0.15) is 0 Å². The van der Waals surface area contributed by atoms with Gasteiger partial charge in [0.05, 0.1) is 0 Å². The van der Waals surface area contributed by atoms with Crippen LogP contribution in [-0.4, -0.2) is 37.6 Å². The van der Waals surface area contributed by atoms with Crippen molar-refractivity contribution in [3.05, 3.63) is 0 Å². The quantitative estimate of drug-likeness (QED) is 0.658. The van der Waals surface area contributed by atoms with Gasteiger partial charge in [0, 0.05) is 26.2 Å². The normalized spacial score (nSPS) is 46.4. The summed E-state index contributed by atoms with van der Waals surface area (Å²) in [6, 6.07) is 0. The lowest BCUT2D eigenvalue weighted by atomic mass is 9.66. The van der Waals surface area contributed by atoms with Crippen molar-refractivity contribution in [1.29, 1.82) is 0 Å². The van der Waals surface area contributed by atoms with Gasteiger partial charge in [-0.15, -0.1) is 0 Å². The molecule has 2 aliphatic heterocycles. The summed E-state index contributed by atoms with van der Waals surface area (Å²) in [7, 11) is 0. The zero-order valence-electron chi connectivity index (χ0n) is 9.19. The second kappa shape index (κ2) is 2.96. The number of fused-ring (bicyclic) bond motifs is 2. The Bertz CT molecular complexity index is 186. The monoisotopic (exact) mass is 182 g/mol. The number of nitrogens with zero attached hydrogens (tertiary/aromatic N) is 1. The maximum Gasteiger partial charge on any atom is 0.00478 e. The van der Waals surface area contributed by atoms with Crippen molar-refractivity contribution in [1.82, 2.24) is 10.2 Å². The molecule has 0 aromatic heterocycles. The van der Waals surface area contributed by atoms with Gasteiger partial charge in [0.2, 0.25) is 0 Å². The molecule has 2 bridgehead atoms. The Kier molecular flexibility index (Phi) is 2.16. The van der Waals surface area contributed by atoms with Crippen molar-refractivity contribution in [3.8, 4) is 0 Å². The number of likely N-dealkylation sites (tertiary alicyclic amines) is 1. The number of hydrogen-bond donors (Lipinski definition) is 1. The predicted octanol–water partition coefficient (Wildman–Crippen LogP) is 1.33. The highest BCUT2D eigenvalue weighted by atomic mass is 15.2. The summed E-state index contributed by atoms with van der Waals surface area (Å²) in [5, 5.41) is 3.59. The Morgan fingerprint density at radius 3 is 2.15 bits per heavy atom. The Labute approximate surface area is 81.7 Å². The van der Waals surface area contributed by atoms with E-state index in [4.69, 9.17) is 0 Å². The lowest BCUT2D eigenvalue weighted by molar-refractivity contribution is -0.0174. The molecule has 0 aliphatic carbocycles. The lowest BCUT2D eigenvalue weighted by Crippen LogP contribution is -2.61. The summed E-state index contributed by atoms with van der Waals surface area (Å²) in [5.74, 6) is 0. The predicted molar refractivity (Wildman–Crippen MR) is 55.8 cm³/mol. The molecule has 1 N–H and O–H groups in total. The van der Waals surface area contributed by atoms with E-state index in [2.05, 4.69) is 31.0 Å². The van der Waals surface area contributed by atoms with Gasteiger partial charge in [-0.25, -0.2) is 0 Å². The first-order chi connectivity index (χ1) is 6.05. The third-order valence-electron chi connectivity index (χ3n) is 3.61. The summed E-state index contributed by atoms with van der Waals surface area (Å²) in [6.45, 7) is 13.3. The van der Waals surface area contributed by atoms with Gasteiger partial charge in [0.1, 0.15) is 0 Å². The average Bonchev–Trinajstić information content (AvgIpc) is 2.00. The van der Waals surface area contributed by atoms with Crippen LogP contribution in [0.1, 0.15) is 27.2 Å². The molecular weight excluding hydrogens is 160 g/mol. The van der Waals surface area contributed by atoms with Gasteiger partial charge in [-0.1, -0.05) is 20.8 Å². The summed E-state index contributed by atoms with van der Waals surface area (Å²) in [4.78, 5) is 2.62. The molecule has 2 heteroatoms. The van der Waals surface area contributed by atoms with E-state index < -0.39 is 0 Å². The lowest BCUT2D eigenvalue weighted by Gasteiger charge is -2.53. The first-order valence-electron chi connectivity index (χ1n) is 5.48. The summed E-state index contributed by atoms with van der Waals surface area (Å²) >= 11 is 0. The highest BCUT2D eigenvalue weighted by molar-refractivity contribution is 4.99. The first kappa shape index (κ1) is 9.47. The molecule has 0 radical (unpaired) electrons. The molecule has 0 aromatic rings. The van der Waals surface area contributed by atoms with E-state index in [1.807, 2.05) is 0 Å². The molecule has 2 fully saturated rings. The van der Waals surface area contributed by atoms with Crippen molar-refractivity contribution in [2.75, 3.05) is 32.7 Å². The molecule has 0 unspecified atom stereocenters. The molecule has 2 saturated heterocycles. The third-order valence-corrected chi connectivity index (χ3v) is 3.61. The van der Waals surface area contributed by atoms with Crippen LogP contribution in [0.4, 0.5) is 0 Å². The molecule has 2 heterocycles. The van der Waals surface area contributed by atoms with Crippen LogP contribution in [-0.2, 0) is 0 Å². The number of piperidine rings is 2. The fraction of sp³-hybridized carbons (Fsp3) is 1.00. The minimum atomic E-state index is 0.529. The van der Waals surface area contributed by atoms with Gasteiger partial charge in [0.15, 0.2) is 0 Å². The molecule has 0 aromatic carbocycles. The fourth-order valence-corrected chi connectivity index (χ4v) is 3.40. The Balaban J connectivity index is 2.15. The summed E-state index contributed by atoms with van der Waals surface area (Å²) < 4.78 is 0. The van der Waals surface area contributed by atoms with E-state index in [1.165, 1.54) is 39.1 Å². The van der Waals surface area contributed by atoms with E-state index in [0.717, 1.165) is 0 Å². The molecule has 0 spiro atoms. The van der Waals surface area contributed by atoms with Crippen molar-refractivity contribution in [2.45, 2.75) is 27.2 Å². The standard InChI is InChI=1S/C11H22N2/c1-4-13-8-10(2)5-11(3,9-13)7-12-6-10/h12H,4-9H2,1-3H3/t10-,11-/m0/s1. The highest BCUT2D eigenvalue weighted by Crippen LogP contribution is 2.42. The van der Waals surface area contributed by atoms with Crippen molar-refractivity contribution >= 4 is 0 Å². The van der Waals surface area contributed by atoms with Crippen LogP contribution in [0.2, 0.25) is 0 Å². The third kappa shape index (κ3) is 1.75. The zero-order chi connectivity index (χ0) is 9.53. The van der Waals surface area contributed by atoms with E-state index >= 15 is 0 Å². The van der Waals surface area contributed by atoms with Gasteiger partial charge >= 0.3 is 0 Å².